The molecular weight excluding hydrogens is 324 g/mol. The SMILES string of the molecule is COc1ccc(C(=O)NC(=S)Nc2c(C)n[nH]c2C)cc1Cl. The molecule has 1 amide bonds. The van der Waals surface area contributed by atoms with Crippen LogP contribution in [0.3, 0.4) is 0 Å². The number of nitrogens with one attached hydrogen (secondary N) is 3. The molecule has 0 atom stereocenters. The van der Waals surface area contributed by atoms with Gasteiger partial charge in [-0.3, -0.25) is 15.2 Å². The van der Waals surface area contributed by atoms with Gasteiger partial charge in [0.15, 0.2) is 5.11 Å². The minimum absolute atomic E-state index is 0.185. The number of amides is 1. The number of nitrogens with zero attached hydrogens (tertiary/aromatic N) is 1. The number of ether oxygens (including phenoxy) is 1. The summed E-state index contributed by atoms with van der Waals surface area (Å²) in [6, 6.07) is 4.75. The number of rotatable bonds is 3. The quantitative estimate of drug-likeness (QED) is 0.750. The molecule has 116 valence electrons. The number of methoxy groups -OCH3 is 1. The van der Waals surface area contributed by atoms with Gasteiger partial charge in [-0.25, -0.2) is 0 Å². The van der Waals surface area contributed by atoms with Crippen molar-refractivity contribution < 1.29 is 9.53 Å². The Balaban J connectivity index is 2.05. The van der Waals surface area contributed by atoms with Crippen LogP contribution in [-0.2, 0) is 0 Å². The van der Waals surface area contributed by atoms with Gasteiger partial charge in [-0.2, -0.15) is 5.10 Å². The van der Waals surface area contributed by atoms with Crippen molar-refractivity contribution in [3.63, 3.8) is 0 Å². The van der Waals surface area contributed by atoms with Crippen molar-refractivity contribution >= 4 is 40.5 Å². The molecule has 8 heteroatoms. The highest BCUT2D eigenvalue weighted by atomic mass is 35.5. The highest BCUT2D eigenvalue weighted by molar-refractivity contribution is 7.80. The summed E-state index contributed by atoms with van der Waals surface area (Å²) in [5.74, 6) is 0.143. The summed E-state index contributed by atoms with van der Waals surface area (Å²) in [6.45, 7) is 3.69. The third kappa shape index (κ3) is 3.55. The van der Waals surface area contributed by atoms with Crippen molar-refractivity contribution in [1.29, 1.82) is 0 Å². The largest absolute Gasteiger partial charge is 0.495 e. The van der Waals surface area contributed by atoms with Gasteiger partial charge in [0, 0.05) is 5.56 Å². The number of benzene rings is 1. The third-order valence-corrected chi connectivity index (χ3v) is 3.51. The number of hydrogen-bond donors (Lipinski definition) is 3. The van der Waals surface area contributed by atoms with Crippen LogP contribution < -0.4 is 15.4 Å². The first kappa shape index (κ1) is 16.3. The lowest BCUT2D eigenvalue weighted by molar-refractivity contribution is 0.0977. The number of anilines is 1. The van der Waals surface area contributed by atoms with Crippen LogP contribution in [-0.4, -0.2) is 28.3 Å². The Kier molecular flexibility index (Phi) is 4.99. The standard InChI is InChI=1S/C14H15ClN4O2S/c1-7-12(8(2)19-18-7)16-14(22)17-13(20)9-4-5-11(21-3)10(15)6-9/h4-6H,1-3H3,(H,18,19)(H2,16,17,20,22). The summed E-state index contributed by atoms with van der Waals surface area (Å²) in [5.41, 5.74) is 2.73. The highest BCUT2D eigenvalue weighted by Gasteiger charge is 2.13. The number of hydrogen-bond acceptors (Lipinski definition) is 4. The molecule has 0 radical (unpaired) electrons. The lowest BCUT2D eigenvalue weighted by atomic mass is 10.2. The summed E-state index contributed by atoms with van der Waals surface area (Å²) in [7, 11) is 1.51. The number of H-pyrrole nitrogens is 1. The molecular formula is C14H15ClN4O2S. The molecule has 1 heterocycles. The lowest BCUT2D eigenvalue weighted by Gasteiger charge is -2.10. The van der Waals surface area contributed by atoms with Crippen LogP contribution in [0.1, 0.15) is 21.7 Å². The van der Waals surface area contributed by atoms with Crippen molar-refractivity contribution in [3.05, 3.63) is 40.2 Å². The van der Waals surface area contributed by atoms with Gasteiger partial charge < -0.3 is 10.1 Å². The predicted molar refractivity (Wildman–Crippen MR) is 89.8 cm³/mol. The van der Waals surface area contributed by atoms with E-state index in [1.54, 1.807) is 12.1 Å². The predicted octanol–water partition coefficient (Wildman–Crippen LogP) is 2.82. The van der Waals surface area contributed by atoms with E-state index < -0.39 is 0 Å². The molecule has 0 aliphatic rings. The van der Waals surface area contributed by atoms with Crippen LogP contribution in [0.15, 0.2) is 18.2 Å². The van der Waals surface area contributed by atoms with Crippen molar-refractivity contribution in [2.24, 2.45) is 0 Å². The molecule has 0 bridgehead atoms. The van der Waals surface area contributed by atoms with E-state index in [-0.39, 0.29) is 11.0 Å². The van der Waals surface area contributed by atoms with Gasteiger partial charge in [-0.1, -0.05) is 11.6 Å². The Morgan fingerprint density at radius 2 is 2.14 bits per heavy atom. The molecule has 0 aliphatic heterocycles. The first-order chi connectivity index (χ1) is 10.4. The van der Waals surface area contributed by atoms with E-state index in [1.807, 2.05) is 13.8 Å². The summed E-state index contributed by atoms with van der Waals surface area (Å²) in [6.07, 6.45) is 0. The van der Waals surface area contributed by atoms with Crippen LogP contribution in [0.2, 0.25) is 5.02 Å². The fraction of sp³-hybridized carbons (Fsp3) is 0.214. The Morgan fingerprint density at radius 3 is 2.68 bits per heavy atom. The Labute approximate surface area is 138 Å². The monoisotopic (exact) mass is 338 g/mol. The zero-order chi connectivity index (χ0) is 16.3. The maximum absolute atomic E-state index is 12.1. The normalized spacial score (nSPS) is 10.2. The van der Waals surface area contributed by atoms with Crippen LogP contribution in [0, 0.1) is 13.8 Å². The molecule has 0 unspecified atom stereocenters. The van der Waals surface area contributed by atoms with Gasteiger partial charge in [0.05, 0.1) is 29.2 Å². The van der Waals surface area contributed by atoms with Crippen molar-refractivity contribution in [3.8, 4) is 5.75 Å². The molecule has 2 rings (SSSR count). The fourth-order valence-electron chi connectivity index (χ4n) is 1.86. The van der Waals surface area contributed by atoms with Gasteiger partial charge in [0.2, 0.25) is 0 Å². The molecule has 0 fully saturated rings. The van der Waals surface area contributed by atoms with E-state index in [9.17, 15) is 4.79 Å². The first-order valence-electron chi connectivity index (χ1n) is 6.39. The van der Waals surface area contributed by atoms with E-state index in [1.165, 1.54) is 13.2 Å². The minimum Gasteiger partial charge on any atom is -0.495 e. The van der Waals surface area contributed by atoms with Gasteiger partial charge in [0.25, 0.3) is 5.91 Å². The van der Waals surface area contributed by atoms with E-state index in [2.05, 4.69) is 20.8 Å². The van der Waals surface area contributed by atoms with Gasteiger partial charge >= 0.3 is 0 Å². The number of aromatic nitrogens is 2. The molecule has 0 saturated heterocycles. The maximum atomic E-state index is 12.1. The first-order valence-corrected chi connectivity index (χ1v) is 7.18. The van der Waals surface area contributed by atoms with Crippen LogP contribution in [0.25, 0.3) is 0 Å². The van der Waals surface area contributed by atoms with E-state index >= 15 is 0 Å². The van der Waals surface area contributed by atoms with Gasteiger partial charge in [0.1, 0.15) is 5.75 Å². The number of aryl methyl sites for hydroxylation is 2. The van der Waals surface area contributed by atoms with Crippen molar-refractivity contribution in [2.45, 2.75) is 13.8 Å². The van der Waals surface area contributed by atoms with E-state index in [0.717, 1.165) is 17.1 Å². The summed E-state index contributed by atoms with van der Waals surface area (Å²) in [4.78, 5) is 12.1. The molecule has 0 aliphatic carbocycles. The van der Waals surface area contributed by atoms with Crippen LogP contribution in [0.4, 0.5) is 5.69 Å². The number of carbonyl (C=O) groups excluding carboxylic acids is 1. The highest BCUT2D eigenvalue weighted by Crippen LogP contribution is 2.24. The van der Waals surface area contributed by atoms with Crippen LogP contribution in [0.5, 0.6) is 5.75 Å². The average Bonchev–Trinajstić information content (AvgIpc) is 2.79. The zero-order valence-electron chi connectivity index (χ0n) is 12.3. The maximum Gasteiger partial charge on any atom is 0.257 e. The summed E-state index contributed by atoms with van der Waals surface area (Å²) >= 11 is 11.1. The number of carbonyl (C=O) groups is 1. The Hall–Kier alpha value is -2.12. The molecule has 2 aromatic rings. The molecule has 1 aromatic heterocycles. The molecule has 6 nitrogen and oxygen atoms in total. The smallest absolute Gasteiger partial charge is 0.257 e. The third-order valence-electron chi connectivity index (χ3n) is 3.01. The summed E-state index contributed by atoms with van der Waals surface area (Å²) in [5, 5.41) is 13.0. The van der Waals surface area contributed by atoms with Gasteiger partial charge in [-0.05, 0) is 44.3 Å². The second-order valence-electron chi connectivity index (χ2n) is 4.57. The fourth-order valence-corrected chi connectivity index (χ4v) is 2.32. The molecule has 1 aromatic carbocycles. The summed E-state index contributed by atoms with van der Waals surface area (Å²) < 4.78 is 5.05. The van der Waals surface area contributed by atoms with Crippen molar-refractivity contribution in [2.75, 3.05) is 12.4 Å². The average molecular weight is 339 g/mol. The molecule has 0 spiro atoms. The van der Waals surface area contributed by atoms with E-state index in [0.29, 0.717) is 16.3 Å². The zero-order valence-corrected chi connectivity index (χ0v) is 13.9. The number of aromatic amines is 1. The second kappa shape index (κ2) is 6.76. The molecule has 22 heavy (non-hydrogen) atoms. The minimum atomic E-state index is -0.360. The topological polar surface area (TPSA) is 79.0 Å². The Morgan fingerprint density at radius 1 is 1.41 bits per heavy atom. The number of halogens is 1. The molecule has 3 N–H and O–H groups in total. The van der Waals surface area contributed by atoms with Gasteiger partial charge in [-0.15, -0.1) is 0 Å². The van der Waals surface area contributed by atoms with Crippen molar-refractivity contribution in [1.82, 2.24) is 15.5 Å². The van der Waals surface area contributed by atoms with E-state index in [4.69, 9.17) is 28.6 Å². The van der Waals surface area contributed by atoms with Crippen LogP contribution >= 0.6 is 23.8 Å². The second-order valence-corrected chi connectivity index (χ2v) is 5.38. The molecule has 0 saturated carbocycles. The number of thiocarbonyl (C=S) groups is 1. The Bertz CT molecular complexity index is 710. The lowest BCUT2D eigenvalue weighted by Crippen LogP contribution is -2.34.